The summed E-state index contributed by atoms with van der Waals surface area (Å²) in [6, 6.07) is 14.0. The Balaban J connectivity index is 1.39. The molecule has 0 spiro atoms. The Kier molecular flexibility index (Phi) is 4.98. The van der Waals surface area contributed by atoms with Crippen LogP contribution in [0.1, 0.15) is 17.0 Å². The molecule has 4 rings (SSSR count). The summed E-state index contributed by atoms with van der Waals surface area (Å²) in [5.41, 5.74) is 4.29. The Morgan fingerprint density at radius 2 is 2.07 bits per heavy atom. The summed E-state index contributed by atoms with van der Waals surface area (Å²) >= 11 is 0. The van der Waals surface area contributed by atoms with E-state index in [1.807, 2.05) is 65.5 Å². The van der Waals surface area contributed by atoms with Crippen molar-refractivity contribution in [1.82, 2.24) is 24.8 Å². The highest BCUT2D eigenvalue weighted by atomic mass is 16.2. The van der Waals surface area contributed by atoms with Gasteiger partial charge >= 0.3 is 0 Å². The number of rotatable bonds is 5. The summed E-state index contributed by atoms with van der Waals surface area (Å²) in [4.78, 5) is 28.9. The van der Waals surface area contributed by atoms with E-state index in [4.69, 9.17) is 4.98 Å². The van der Waals surface area contributed by atoms with Gasteiger partial charge in [0.15, 0.2) is 0 Å². The summed E-state index contributed by atoms with van der Waals surface area (Å²) in [5.74, 6) is 1.02. The van der Waals surface area contributed by atoms with Gasteiger partial charge < -0.3 is 9.88 Å². The molecule has 0 aliphatic carbocycles. The van der Waals surface area contributed by atoms with Gasteiger partial charge in [-0.05, 0) is 18.7 Å². The summed E-state index contributed by atoms with van der Waals surface area (Å²) in [6.45, 7) is 2.41. The molecule has 1 aliphatic heterocycles. The molecule has 138 valence electrons. The van der Waals surface area contributed by atoms with Crippen LogP contribution in [0.15, 0.2) is 54.9 Å². The zero-order valence-electron chi connectivity index (χ0n) is 15.4. The van der Waals surface area contributed by atoms with Gasteiger partial charge in [0.1, 0.15) is 5.82 Å². The lowest BCUT2D eigenvalue weighted by Gasteiger charge is -2.28. The van der Waals surface area contributed by atoms with Gasteiger partial charge in [0.2, 0.25) is 5.91 Å². The van der Waals surface area contributed by atoms with E-state index in [0.717, 1.165) is 34.8 Å². The third kappa shape index (κ3) is 4.06. The molecule has 0 bridgehead atoms. The Labute approximate surface area is 158 Å². The predicted octanol–water partition coefficient (Wildman–Crippen LogP) is 2.49. The molecule has 0 saturated carbocycles. The standard InChI is InChI=1S/C21H23N5O/c1-25(13-16-6-5-10-22-12-16)15-20(27)26-11-9-18-19(14-26)24-21(23-18)17-7-3-2-4-8-17/h2-8,10,12H,9,11,13-15H2,1H3,(H,23,24). The van der Waals surface area contributed by atoms with E-state index in [0.29, 0.717) is 26.2 Å². The number of amides is 1. The van der Waals surface area contributed by atoms with Crippen molar-refractivity contribution in [3.63, 3.8) is 0 Å². The van der Waals surface area contributed by atoms with E-state index in [1.165, 1.54) is 0 Å². The van der Waals surface area contributed by atoms with Gasteiger partial charge in [-0.25, -0.2) is 4.98 Å². The van der Waals surface area contributed by atoms with Crippen LogP contribution in [-0.4, -0.2) is 50.8 Å². The van der Waals surface area contributed by atoms with Crippen molar-refractivity contribution in [1.29, 1.82) is 0 Å². The largest absolute Gasteiger partial charge is 0.340 e. The lowest BCUT2D eigenvalue weighted by Crippen LogP contribution is -2.41. The SMILES string of the molecule is CN(CC(=O)N1CCc2nc(-c3ccccc3)[nH]c2C1)Cc1cccnc1. The van der Waals surface area contributed by atoms with Gasteiger partial charge in [-0.2, -0.15) is 0 Å². The number of hydrogen-bond acceptors (Lipinski definition) is 4. The molecule has 0 saturated heterocycles. The van der Waals surface area contributed by atoms with Gasteiger partial charge in [-0.3, -0.25) is 14.7 Å². The Bertz CT molecular complexity index is 907. The number of hydrogen-bond donors (Lipinski definition) is 1. The number of carbonyl (C=O) groups excluding carboxylic acids is 1. The molecule has 27 heavy (non-hydrogen) atoms. The smallest absolute Gasteiger partial charge is 0.237 e. The fraction of sp³-hybridized carbons (Fsp3) is 0.286. The molecular formula is C21H23N5O. The first kappa shape index (κ1) is 17.4. The van der Waals surface area contributed by atoms with Gasteiger partial charge in [-0.1, -0.05) is 36.4 Å². The fourth-order valence-corrected chi connectivity index (χ4v) is 3.43. The van der Waals surface area contributed by atoms with E-state index in [2.05, 4.69) is 9.97 Å². The summed E-state index contributed by atoms with van der Waals surface area (Å²) in [5, 5.41) is 0. The number of aromatic amines is 1. The van der Waals surface area contributed by atoms with Gasteiger partial charge in [0.25, 0.3) is 0 Å². The first-order valence-electron chi connectivity index (χ1n) is 9.17. The van der Waals surface area contributed by atoms with Crippen LogP contribution >= 0.6 is 0 Å². The number of H-pyrrole nitrogens is 1. The van der Waals surface area contributed by atoms with Crippen LogP contribution < -0.4 is 0 Å². The van der Waals surface area contributed by atoms with E-state index >= 15 is 0 Å². The summed E-state index contributed by atoms with van der Waals surface area (Å²) < 4.78 is 0. The summed E-state index contributed by atoms with van der Waals surface area (Å²) in [6.07, 6.45) is 4.38. The monoisotopic (exact) mass is 361 g/mol. The highest BCUT2D eigenvalue weighted by Gasteiger charge is 2.24. The van der Waals surface area contributed by atoms with Crippen LogP contribution in [0.5, 0.6) is 0 Å². The quantitative estimate of drug-likeness (QED) is 0.758. The minimum absolute atomic E-state index is 0.142. The van der Waals surface area contributed by atoms with E-state index in [9.17, 15) is 4.79 Å². The van der Waals surface area contributed by atoms with Crippen LogP contribution in [0, 0.1) is 0 Å². The normalized spacial score (nSPS) is 13.6. The predicted molar refractivity (Wildman–Crippen MR) is 104 cm³/mol. The third-order valence-corrected chi connectivity index (χ3v) is 4.81. The highest BCUT2D eigenvalue weighted by Crippen LogP contribution is 2.22. The van der Waals surface area contributed by atoms with Crippen molar-refractivity contribution >= 4 is 5.91 Å². The molecular weight excluding hydrogens is 338 g/mol. The molecule has 3 heterocycles. The maximum absolute atomic E-state index is 12.7. The number of likely N-dealkylation sites (N-methyl/N-ethyl adjacent to an activating group) is 1. The minimum Gasteiger partial charge on any atom is -0.340 e. The summed E-state index contributed by atoms with van der Waals surface area (Å²) in [7, 11) is 1.96. The second-order valence-corrected chi connectivity index (χ2v) is 6.98. The van der Waals surface area contributed by atoms with Crippen molar-refractivity contribution < 1.29 is 4.79 Å². The van der Waals surface area contributed by atoms with E-state index < -0.39 is 0 Å². The van der Waals surface area contributed by atoms with Crippen molar-refractivity contribution in [2.75, 3.05) is 20.1 Å². The molecule has 0 fully saturated rings. The molecule has 1 aromatic carbocycles. The Hall–Kier alpha value is -2.99. The van der Waals surface area contributed by atoms with E-state index in [1.54, 1.807) is 6.20 Å². The lowest BCUT2D eigenvalue weighted by molar-refractivity contribution is -0.133. The van der Waals surface area contributed by atoms with Crippen LogP contribution in [0.4, 0.5) is 0 Å². The molecule has 0 unspecified atom stereocenters. The number of imidazole rings is 1. The minimum atomic E-state index is 0.142. The number of nitrogens with zero attached hydrogens (tertiary/aromatic N) is 4. The van der Waals surface area contributed by atoms with Crippen molar-refractivity contribution in [2.45, 2.75) is 19.5 Å². The van der Waals surface area contributed by atoms with Gasteiger partial charge in [-0.15, -0.1) is 0 Å². The van der Waals surface area contributed by atoms with Crippen LogP contribution in [-0.2, 0) is 24.3 Å². The molecule has 6 heteroatoms. The van der Waals surface area contributed by atoms with E-state index in [-0.39, 0.29) is 5.91 Å². The molecule has 6 nitrogen and oxygen atoms in total. The van der Waals surface area contributed by atoms with Gasteiger partial charge in [0, 0.05) is 37.5 Å². The number of benzene rings is 1. The van der Waals surface area contributed by atoms with Crippen molar-refractivity contribution in [3.8, 4) is 11.4 Å². The molecule has 3 aromatic rings. The third-order valence-electron chi connectivity index (χ3n) is 4.81. The number of carbonyl (C=O) groups is 1. The number of pyridine rings is 1. The first-order chi connectivity index (χ1) is 13.2. The van der Waals surface area contributed by atoms with Crippen molar-refractivity contribution in [2.24, 2.45) is 0 Å². The number of aromatic nitrogens is 3. The molecule has 1 aliphatic rings. The second-order valence-electron chi connectivity index (χ2n) is 6.98. The Morgan fingerprint density at radius 1 is 1.22 bits per heavy atom. The Morgan fingerprint density at radius 3 is 2.85 bits per heavy atom. The maximum Gasteiger partial charge on any atom is 0.237 e. The maximum atomic E-state index is 12.7. The number of fused-ring (bicyclic) bond motifs is 1. The van der Waals surface area contributed by atoms with Crippen LogP contribution in [0.2, 0.25) is 0 Å². The van der Waals surface area contributed by atoms with Gasteiger partial charge in [0.05, 0.1) is 24.5 Å². The highest BCUT2D eigenvalue weighted by molar-refractivity contribution is 5.78. The topological polar surface area (TPSA) is 65.1 Å². The average Bonchev–Trinajstić information content (AvgIpc) is 3.12. The van der Waals surface area contributed by atoms with Crippen LogP contribution in [0.25, 0.3) is 11.4 Å². The average molecular weight is 361 g/mol. The first-order valence-corrected chi connectivity index (χ1v) is 9.17. The van der Waals surface area contributed by atoms with Crippen LogP contribution in [0.3, 0.4) is 0 Å². The fourth-order valence-electron chi connectivity index (χ4n) is 3.43. The second kappa shape index (κ2) is 7.72. The lowest BCUT2D eigenvalue weighted by atomic mass is 10.1. The molecule has 2 aromatic heterocycles. The molecule has 1 amide bonds. The van der Waals surface area contributed by atoms with Crippen molar-refractivity contribution in [3.05, 3.63) is 71.8 Å². The number of nitrogens with one attached hydrogen (secondary N) is 1. The molecule has 1 N–H and O–H groups in total. The molecule has 0 radical (unpaired) electrons. The zero-order valence-corrected chi connectivity index (χ0v) is 15.4. The zero-order chi connectivity index (χ0) is 18.6. The molecule has 0 atom stereocenters.